The monoisotopic (exact) mass is 249 g/mol. The first-order valence-corrected chi connectivity index (χ1v) is 7.37. The fourth-order valence-electron chi connectivity index (χ4n) is 1.76. The standard InChI is InChI=1S/C10H23N3O2S/c1-4-6-7-12(3)16(14,15)13(5-2)10-8-11-9-10/h10-11H,4-9H2,1-3H3. The maximum atomic E-state index is 12.2. The van der Waals surface area contributed by atoms with Gasteiger partial charge >= 0.3 is 0 Å². The van der Waals surface area contributed by atoms with Gasteiger partial charge in [0, 0.05) is 33.2 Å². The number of rotatable bonds is 7. The second-order valence-corrected chi connectivity index (χ2v) is 6.19. The lowest BCUT2D eigenvalue weighted by Gasteiger charge is -2.38. The van der Waals surface area contributed by atoms with Crippen LogP contribution in [0.3, 0.4) is 0 Å². The van der Waals surface area contributed by atoms with E-state index >= 15 is 0 Å². The zero-order valence-corrected chi connectivity index (χ0v) is 11.3. The SMILES string of the molecule is CCCCN(C)S(=O)(=O)N(CC)C1CNC1. The van der Waals surface area contributed by atoms with Crippen molar-refractivity contribution < 1.29 is 8.42 Å². The highest BCUT2D eigenvalue weighted by atomic mass is 32.2. The molecule has 16 heavy (non-hydrogen) atoms. The zero-order chi connectivity index (χ0) is 12.2. The van der Waals surface area contributed by atoms with Crippen LogP contribution in [0.2, 0.25) is 0 Å². The lowest BCUT2D eigenvalue weighted by molar-refractivity contribution is 0.234. The van der Waals surface area contributed by atoms with Gasteiger partial charge in [-0.2, -0.15) is 17.0 Å². The summed E-state index contributed by atoms with van der Waals surface area (Å²) in [6, 6.07) is 0.138. The second kappa shape index (κ2) is 5.95. The number of hydrogen-bond donors (Lipinski definition) is 1. The Morgan fingerprint density at radius 1 is 1.31 bits per heavy atom. The molecule has 6 heteroatoms. The molecule has 96 valence electrons. The van der Waals surface area contributed by atoms with E-state index in [4.69, 9.17) is 0 Å². The fraction of sp³-hybridized carbons (Fsp3) is 1.00. The van der Waals surface area contributed by atoms with Crippen LogP contribution in [0.5, 0.6) is 0 Å². The van der Waals surface area contributed by atoms with Crippen LogP contribution in [0, 0.1) is 0 Å². The topological polar surface area (TPSA) is 52.7 Å². The van der Waals surface area contributed by atoms with Gasteiger partial charge < -0.3 is 5.32 Å². The minimum Gasteiger partial charge on any atom is -0.313 e. The molecular weight excluding hydrogens is 226 g/mol. The Kier molecular flexibility index (Phi) is 5.17. The Morgan fingerprint density at radius 3 is 2.31 bits per heavy atom. The molecule has 1 heterocycles. The zero-order valence-electron chi connectivity index (χ0n) is 10.4. The van der Waals surface area contributed by atoms with Crippen LogP contribution >= 0.6 is 0 Å². The highest BCUT2D eigenvalue weighted by molar-refractivity contribution is 7.86. The van der Waals surface area contributed by atoms with Gasteiger partial charge in [0.2, 0.25) is 0 Å². The van der Waals surface area contributed by atoms with E-state index in [2.05, 4.69) is 12.2 Å². The van der Waals surface area contributed by atoms with Crippen molar-refractivity contribution in [1.82, 2.24) is 13.9 Å². The van der Waals surface area contributed by atoms with Crippen molar-refractivity contribution in [1.29, 1.82) is 0 Å². The highest BCUT2D eigenvalue weighted by Crippen LogP contribution is 2.14. The van der Waals surface area contributed by atoms with Gasteiger partial charge in [-0.15, -0.1) is 0 Å². The van der Waals surface area contributed by atoms with Gasteiger partial charge in [-0.1, -0.05) is 20.3 Å². The summed E-state index contributed by atoms with van der Waals surface area (Å²) in [4.78, 5) is 0. The first kappa shape index (κ1) is 13.9. The van der Waals surface area contributed by atoms with E-state index in [1.165, 1.54) is 4.31 Å². The number of likely N-dealkylation sites (N-methyl/N-ethyl adjacent to an activating group) is 1. The summed E-state index contributed by atoms with van der Waals surface area (Å²) in [5.41, 5.74) is 0. The number of nitrogens with one attached hydrogen (secondary N) is 1. The predicted octanol–water partition coefficient (Wildman–Crippen LogP) is 0.257. The van der Waals surface area contributed by atoms with Gasteiger partial charge in [0.05, 0.1) is 6.04 Å². The normalized spacial score (nSPS) is 18.1. The molecule has 0 atom stereocenters. The smallest absolute Gasteiger partial charge is 0.282 e. The molecule has 1 fully saturated rings. The molecule has 1 aliphatic rings. The van der Waals surface area contributed by atoms with Crippen molar-refractivity contribution in [3.8, 4) is 0 Å². The van der Waals surface area contributed by atoms with E-state index in [1.54, 1.807) is 11.4 Å². The van der Waals surface area contributed by atoms with E-state index < -0.39 is 10.2 Å². The molecule has 0 amide bonds. The molecule has 5 nitrogen and oxygen atoms in total. The van der Waals surface area contributed by atoms with Crippen molar-refractivity contribution >= 4 is 10.2 Å². The van der Waals surface area contributed by atoms with Crippen LogP contribution in [0.1, 0.15) is 26.7 Å². The van der Waals surface area contributed by atoms with Gasteiger partial charge in [-0.3, -0.25) is 0 Å². The van der Waals surface area contributed by atoms with Crippen molar-refractivity contribution in [2.75, 3.05) is 33.2 Å². The predicted molar refractivity (Wildman–Crippen MR) is 65.5 cm³/mol. The van der Waals surface area contributed by atoms with Gasteiger partial charge in [0.1, 0.15) is 0 Å². The summed E-state index contributed by atoms with van der Waals surface area (Å²) in [6.45, 7) is 6.65. The molecule has 1 N–H and O–H groups in total. The minimum atomic E-state index is -3.26. The molecule has 0 unspecified atom stereocenters. The third kappa shape index (κ3) is 2.94. The summed E-state index contributed by atoms with van der Waals surface area (Å²) >= 11 is 0. The average molecular weight is 249 g/mol. The number of unbranched alkanes of at least 4 members (excludes halogenated alkanes) is 1. The van der Waals surface area contributed by atoms with Crippen LogP contribution in [-0.2, 0) is 10.2 Å². The minimum absolute atomic E-state index is 0.138. The van der Waals surface area contributed by atoms with Crippen LogP contribution < -0.4 is 5.32 Å². The first-order valence-electron chi connectivity index (χ1n) is 5.97. The maximum absolute atomic E-state index is 12.2. The van der Waals surface area contributed by atoms with E-state index in [1.807, 2.05) is 6.92 Å². The second-order valence-electron chi connectivity index (χ2n) is 4.20. The molecule has 0 aromatic rings. The summed E-state index contributed by atoms with van der Waals surface area (Å²) in [6.07, 6.45) is 1.92. The average Bonchev–Trinajstić information content (AvgIpc) is 2.18. The number of nitrogens with zero attached hydrogens (tertiary/aromatic N) is 2. The van der Waals surface area contributed by atoms with Crippen LogP contribution in [0.15, 0.2) is 0 Å². The van der Waals surface area contributed by atoms with E-state index in [0.717, 1.165) is 25.9 Å². The third-order valence-electron chi connectivity index (χ3n) is 3.00. The molecule has 0 radical (unpaired) electrons. The third-order valence-corrected chi connectivity index (χ3v) is 5.11. The molecule has 0 spiro atoms. The molecular formula is C10H23N3O2S. The van der Waals surface area contributed by atoms with Gasteiger partial charge in [-0.25, -0.2) is 0 Å². The molecule has 1 rings (SSSR count). The Hall–Kier alpha value is -0.170. The van der Waals surface area contributed by atoms with Crippen LogP contribution in [0.4, 0.5) is 0 Å². The molecule has 1 aliphatic heterocycles. The van der Waals surface area contributed by atoms with Crippen molar-refractivity contribution in [3.05, 3.63) is 0 Å². The Labute approximate surface area is 99.0 Å². The quantitative estimate of drug-likeness (QED) is 0.704. The Morgan fingerprint density at radius 2 is 1.94 bits per heavy atom. The highest BCUT2D eigenvalue weighted by Gasteiger charge is 2.34. The van der Waals surface area contributed by atoms with Crippen molar-refractivity contribution in [2.24, 2.45) is 0 Å². The molecule has 0 aliphatic carbocycles. The Balaban J connectivity index is 2.65. The lowest BCUT2D eigenvalue weighted by Crippen LogP contribution is -2.60. The maximum Gasteiger partial charge on any atom is 0.282 e. The van der Waals surface area contributed by atoms with Crippen molar-refractivity contribution in [3.63, 3.8) is 0 Å². The van der Waals surface area contributed by atoms with Gasteiger partial charge in [0.25, 0.3) is 10.2 Å². The molecule has 0 aromatic carbocycles. The largest absolute Gasteiger partial charge is 0.313 e. The lowest BCUT2D eigenvalue weighted by atomic mass is 10.2. The molecule has 0 aromatic heterocycles. The molecule has 0 bridgehead atoms. The first-order chi connectivity index (χ1) is 7.54. The van der Waals surface area contributed by atoms with E-state index in [9.17, 15) is 8.42 Å². The van der Waals surface area contributed by atoms with E-state index in [-0.39, 0.29) is 6.04 Å². The Bertz CT molecular complexity index is 301. The molecule has 0 saturated carbocycles. The van der Waals surface area contributed by atoms with Crippen LogP contribution in [0.25, 0.3) is 0 Å². The summed E-state index contributed by atoms with van der Waals surface area (Å²) in [5.74, 6) is 0. The summed E-state index contributed by atoms with van der Waals surface area (Å²) in [7, 11) is -1.59. The van der Waals surface area contributed by atoms with Gasteiger partial charge in [0.15, 0.2) is 0 Å². The number of hydrogen-bond acceptors (Lipinski definition) is 3. The van der Waals surface area contributed by atoms with Crippen molar-refractivity contribution in [2.45, 2.75) is 32.7 Å². The fourth-order valence-corrected chi connectivity index (χ4v) is 3.33. The van der Waals surface area contributed by atoms with E-state index in [0.29, 0.717) is 13.1 Å². The van der Waals surface area contributed by atoms with Crippen LogP contribution in [-0.4, -0.2) is 56.3 Å². The summed E-state index contributed by atoms with van der Waals surface area (Å²) < 4.78 is 27.5. The molecule has 1 saturated heterocycles. The summed E-state index contributed by atoms with van der Waals surface area (Å²) in [5, 5.41) is 3.11. The van der Waals surface area contributed by atoms with Gasteiger partial charge in [-0.05, 0) is 6.42 Å².